The van der Waals surface area contributed by atoms with Crippen LogP contribution >= 0.6 is 0 Å². The van der Waals surface area contributed by atoms with Crippen molar-refractivity contribution in [2.75, 3.05) is 11.9 Å². The van der Waals surface area contributed by atoms with E-state index in [1.165, 1.54) is 6.33 Å². The molecule has 3 aromatic carbocycles. The van der Waals surface area contributed by atoms with Crippen LogP contribution in [0.1, 0.15) is 24.0 Å². The highest BCUT2D eigenvalue weighted by Crippen LogP contribution is 2.30. The number of anilines is 2. The van der Waals surface area contributed by atoms with Gasteiger partial charge in [-0.25, -0.2) is 9.97 Å². The van der Waals surface area contributed by atoms with Gasteiger partial charge in [-0.2, -0.15) is 0 Å². The molecule has 2 atom stereocenters. The van der Waals surface area contributed by atoms with Gasteiger partial charge < -0.3 is 25.6 Å². The van der Waals surface area contributed by atoms with Gasteiger partial charge in [-0.3, -0.25) is 4.79 Å². The van der Waals surface area contributed by atoms with Crippen molar-refractivity contribution in [1.82, 2.24) is 9.97 Å². The van der Waals surface area contributed by atoms with Gasteiger partial charge in [-0.05, 0) is 61.0 Å². The van der Waals surface area contributed by atoms with E-state index in [9.17, 15) is 9.90 Å². The molecule has 2 heterocycles. The molecule has 4 aromatic rings. The maximum atomic E-state index is 11.5. The Morgan fingerprint density at radius 3 is 2.78 bits per heavy atom. The van der Waals surface area contributed by atoms with Crippen LogP contribution in [0.5, 0.6) is 11.5 Å². The maximum Gasteiger partial charge on any atom is 0.246 e. The minimum absolute atomic E-state index is 0.0438. The van der Waals surface area contributed by atoms with Gasteiger partial charge in [-0.1, -0.05) is 30.0 Å². The van der Waals surface area contributed by atoms with Crippen LogP contribution in [0.4, 0.5) is 11.5 Å². The molecule has 8 nitrogen and oxygen atoms in total. The average Bonchev–Trinajstić information content (AvgIpc) is 2.90. The number of nitrogens with one attached hydrogen (secondary N) is 1. The number of carbonyl (C=O) groups excluding carboxylic acids is 1. The highest BCUT2D eigenvalue weighted by molar-refractivity contribution is 5.91. The SMILES string of the molecule is Cc1cc(Nc2ncnc3ccc(C#CC4(O)CCOC(C(N)=O)C4)cc23)ccc1Oc1ccccc1. The molecule has 1 aliphatic heterocycles. The summed E-state index contributed by atoms with van der Waals surface area (Å²) >= 11 is 0. The first-order chi connectivity index (χ1) is 17.9. The molecule has 186 valence electrons. The third-order valence-electron chi connectivity index (χ3n) is 6.16. The van der Waals surface area contributed by atoms with E-state index in [4.69, 9.17) is 15.2 Å². The molecule has 8 heteroatoms. The van der Waals surface area contributed by atoms with E-state index in [1.54, 1.807) is 0 Å². The normalized spacial score (nSPS) is 19.0. The molecule has 1 aromatic heterocycles. The summed E-state index contributed by atoms with van der Waals surface area (Å²) in [5.41, 5.74) is 7.25. The second-order valence-corrected chi connectivity index (χ2v) is 8.97. The number of nitrogens with zero attached hydrogens (tertiary/aromatic N) is 2. The quantitative estimate of drug-likeness (QED) is 0.355. The average molecular weight is 495 g/mol. The molecule has 1 saturated heterocycles. The Hall–Kier alpha value is -4.45. The number of para-hydroxylation sites is 1. The number of nitrogens with two attached hydrogens (primary N) is 1. The number of aromatic nitrogens is 2. The molecular weight excluding hydrogens is 468 g/mol. The number of aliphatic hydroxyl groups is 1. The van der Waals surface area contributed by atoms with Crippen LogP contribution in [0.2, 0.25) is 0 Å². The Bertz CT molecular complexity index is 1510. The number of carbonyl (C=O) groups is 1. The third-order valence-corrected chi connectivity index (χ3v) is 6.16. The lowest BCUT2D eigenvalue weighted by Crippen LogP contribution is -2.45. The maximum absolute atomic E-state index is 11.5. The fourth-order valence-corrected chi connectivity index (χ4v) is 4.15. The van der Waals surface area contributed by atoms with Crippen LogP contribution in [-0.4, -0.2) is 39.3 Å². The Balaban J connectivity index is 1.38. The third kappa shape index (κ3) is 5.70. The predicted molar refractivity (Wildman–Crippen MR) is 141 cm³/mol. The van der Waals surface area contributed by atoms with Crippen molar-refractivity contribution < 1.29 is 19.4 Å². The monoisotopic (exact) mass is 494 g/mol. The molecule has 0 spiro atoms. The Labute approximate surface area is 214 Å². The second kappa shape index (κ2) is 10.3. The van der Waals surface area contributed by atoms with Crippen molar-refractivity contribution in [3.05, 3.63) is 84.2 Å². The molecule has 5 rings (SSSR count). The van der Waals surface area contributed by atoms with Crippen molar-refractivity contribution in [2.45, 2.75) is 31.5 Å². The lowest BCUT2D eigenvalue weighted by atomic mass is 9.90. The minimum atomic E-state index is -1.34. The van der Waals surface area contributed by atoms with Gasteiger partial charge in [0.25, 0.3) is 0 Å². The zero-order valence-corrected chi connectivity index (χ0v) is 20.3. The first-order valence-electron chi connectivity index (χ1n) is 11.9. The topological polar surface area (TPSA) is 120 Å². The van der Waals surface area contributed by atoms with Crippen molar-refractivity contribution >= 4 is 28.3 Å². The van der Waals surface area contributed by atoms with E-state index in [-0.39, 0.29) is 13.0 Å². The van der Waals surface area contributed by atoms with Gasteiger partial charge in [0.1, 0.15) is 35.3 Å². The molecular formula is C29H26N4O4. The first-order valence-corrected chi connectivity index (χ1v) is 11.9. The largest absolute Gasteiger partial charge is 0.457 e. The molecule has 0 bridgehead atoms. The van der Waals surface area contributed by atoms with E-state index in [2.05, 4.69) is 27.1 Å². The van der Waals surface area contributed by atoms with E-state index in [0.717, 1.165) is 33.7 Å². The number of fused-ring (bicyclic) bond motifs is 1. The Morgan fingerprint density at radius 2 is 2.00 bits per heavy atom. The zero-order valence-electron chi connectivity index (χ0n) is 20.3. The molecule has 0 saturated carbocycles. The molecule has 0 aliphatic carbocycles. The van der Waals surface area contributed by atoms with E-state index < -0.39 is 17.6 Å². The summed E-state index contributed by atoms with van der Waals surface area (Å²) in [6, 6.07) is 21.0. The molecule has 2 unspecified atom stereocenters. The summed E-state index contributed by atoms with van der Waals surface area (Å²) in [5.74, 6) is 7.51. The molecule has 1 amide bonds. The van der Waals surface area contributed by atoms with E-state index in [1.807, 2.05) is 73.7 Å². The summed E-state index contributed by atoms with van der Waals surface area (Å²) in [6.45, 7) is 2.20. The summed E-state index contributed by atoms with van der Waals surface area (Å²) < 4.78 is 11.3. The van der Waals surface area contributed by atoms with Crippen molar-refractivity contribution in [1.29, 1.82) is 0 Å². The number of aryl methyl sites for hydroxylation is 1. The molecule has 1 fully saturated rings. The molecule has 0 radical (unpaired) electrons. The van der Waals surface area contributed by atoms with Crippen LogP contribution in [0.25, 0.3) is 10.9 Å². The van der Waals surface area contributed by atoms with Gasteiger partial charge in [0.2, 0.25) is 5.91 Å². The van der Waals surface area contributed by atoms with Gasteiger partial charge in [-0.15, -0.1) is 0 Å². The minimum Gasteiger partial charge on any atom is -0.457 e. The first kappa shape index (κ1) is 24.3. The Morgan fingerprint density at radius 1 is 1.16 bits per heavy atom. The van der Waals surface area contributed by atoms with Crippen LogP contribution in [0, 0.1) is 18.8 Å². The number of primary amides is 1. The highest BCUT2D eigenvalue weighted by atomic mass is 16.5. The lowest BCUT2D eigenvalue weighted by Gasteiger charge is -2.31. The van der Waals surface area contributed by atoms with E-state index in [0.29, 0.717) is 17.8 Å². The summed E-state index contributed by atoms with van der Waals surface area (Å²) in [5, 5.41) is 15.0. The fraction of sp³-hybridized carbons (Fsp3) is 0.207. The van der Waals surface area contributed by atoms with Gasteiger partial charge >= 0.3 is 0 Å². The van der Waals surface area contributed by atoms with Gasteiger partial charge in [0.15, 0.2) is 0 Å². The number of rotatable bonds is 5. The number of hydrogen-bond acceptors (Lipinski definition) is 7. The summed E-state index contributed by atoms with van der Waals surface area (Å²) in [7, 11) is 0. The standard InChI is InChI=1S/C29H26N4O4/c1-19-15-21(8-10-25(19)37-22-5-3-2-4-6-22)33-28-23-16-20(7-9-24(23)31-18-32-28)11-12-29(35)13-14-36-26(17-29)27(30)34/h2-10,15-16,18,26,35H,13-14,17H2,1H3,(H2,30,34)(H,31,32,33). The fourth-order valence-electron chi connectivity index (χ4n) is 4.15. The van der Waals surface area contributed by atoms with Crippen molar-refractivity contribution in [2.24, 2.45) is 5.73 Å². The van der Waals surface area contributed by atoms with Crippen molar-refractivity contribution in [3.8, 4) is 23.3 Å². The smallest absolute Gasteiger partial charge is 0.246 e. The number of ether oxygens (including phenoxy) is 2. The molecule has 37 heavy (non-hydrogen) atoms. The zero-order chi connectivity index (χ0) is 25.8. The molecule has 1 aliphatic rings. The van der Waals surface area contributed by atoms with Crippen LogP contribution < -0.4 is 15.8 Å². The van der Waals surface area contributed by atoms with Crippen LogP contribution in [0.15, 0.2) is 73.1 Å². The molecule has 4 N–H and O–H groups in total. The number of amides is 1. The highest BCUT2D eigenvalue weighted by Gasteiger charge is 2.36. The number of hydrogen-bond donors (Lipinski definition) is 3. The van der Waals surface area contributed by atoms with Gasteiger partial charge in [0, 0.05) is 29.5 Å². The lowest BCUT2D eigenvalue weighted by molar-refractivity contribution is -0.140. The Kier molecular flexibility index (Phi) is 6.73. The summed E-state index contributed by atoms with van der Waals surface area (Å²) in [4.78, 5) is 20.3. The van der Waals surface area contributed by atoms with Crippen LogP contribution in [-0.2, 0) is 9.53 Å². The summed E-state index contributed by atoms with van der Waals surface area (Å²) in [6.07, 6.45) is 1.00. The predicted octanol–water partition coefficient (Wildman–Crippen LogP) is 4.22. The van der Waals surface area contributed by atoms with E-state index >= 15 is 0 Å². The second-order valence-electron chi connectivity index (χ2n) is 8.97. The van der Waals surface area contributed by atoms with Crippen molar-refractivity contribution in [3.63, 3.8) is 0 Å². The van der Waals surface area contributed by atoms with Gasteiger partial charge in [0.05, 0.1) is 12.1 Å². The number of benzene rings is 3. The van der Waals surface area contributed by atoms with Crippen LogP contribution in [0.3, 0.4) is 0 Å².